The van der Waals surface area contributed by atoms with Gasteiger partial charge in [-0.25, -0.2) is 0 Å². The molecule has 94 valence electrons. The van der Waals surface area contributed by atoms with Gasteiger partial charge in [0.2, 0.25) is 0 Å². The molecule has 0 spiro atoms. The predicted octanol–water partition coefficient (Wildman–Crippen LogP) is 5.70. The summed E-state index contributed by atoms with van der Waals surface area (Å²) in [7, 11) is 0. The average Bonchev–Trinajstić information content (AvgIpc) is 2.68. The molecule has 2 atom stereocenters. The highest BCUT2D eigenvalue weighted by Gasteiger charge is 2.19. The molecule has 1 rings (SSSR count). The van der Waals surface area contributed by atoms with Crippen molar-refractivity contribution in [1.29, 1.82) is 0 Å². The molecule has 16 heavy (non-hydrogen) atoms. The van der Waals surface area contributed by atoms with E-state index in [1.807, 2.05) is 0 Å². The lowest BCUT2D eigenvalue weighted by atomic mass is 10.1. The van der Waals surface area contributed by atoms with E-state index in [0.29, 0.717) is 5.38 Å². The van der Waals surface area contributed by atoms with Crippen molar-refractivity contribution in [3.8, 4) is 0 Å². The zero-order chi connectivity index (χ0) is 11.6. The van der Waals surface area contributed by atoms with Crippen molar-refractivity contribution >= 4 is 11.6 Å². The average molecular weight is 243 g/mol. The third kappa shape index (κ3) is 6.58. The maximum absolute atomic E-state index is 6.08. The van der Waals surface area contributed by atoms with Gasteiger partial charge in [-0.3, -0.25) is 0 Å². The first-order chi connectivity index (χ1) is 7.83. The van der Waals surface area contributed by atoms with Crippen molar-refractivity contribution in [2.45, 2.75) is 76.5 Å². The molecule has 0 unspecified atom stereocenters. The summed E-state index contributed by atoms with van der Waals surface area (Å²) >= 11 is 6.08. The van der Waals surface area contributed by atoms with Gasteiger partial charge in [-0.05, 0) is 38.0 Å². The second-order valence-corrected chi connectivity index (χ2v) is 5.77. The van der Waals surface area contributed by atoms with Crippen LogP contribution < -0.4 is 0 Å². The van der Waals surface area contributed by atoms with Gasteiger partial charge in [-0.2, -0.15) is 0 Å². The molecule has 0 N–H and O–H groups in total. The molecule has 0 nitrogen and oxygen atoms in total. The molecule has 0 aromatic heterocycles. The first kappa shape index (κ1) is 14.1. The van der Waals surface area contributed by atoms with Crippen LogP contribution in [0.1, 0.15) is 71.1 Å². The zero-order valence-electron chi connectivity index (χ0n) is 10.8. The Morgan fingerprint density at radius 1 is 1.06 bits per heavy atom. The van der Waals surface area contributed by atoms with Crippen LogP contribution in [0, 0.1) is 5.92 Å². The summed E-state index contributed by atoms with van der Waals surface area (Å²) in [6.07, 6.45) is 18.2. The van der Waals surface area contributed by atoms with E-state index in [4.69, 9.17) is 11.6 Å². The van der Waals surface area contributed by atoms with Gasteiger partial charge in [0.1, 0.15) is 0 Å². The molecule has 0 aromatic carbocycles. The van der Waals surface area contributed by atoms with Crippen molar-refractivity contribution in [3.63, 3.8) is 0 Å². The molecule has 1 heteroatoms. The lowest BCUT2D eigenvalue weighted by molar-refractivity contribution is 0.609. The Morgan fingerprint density at radius 2 is 1.81 bits per heavy atom. The fourth-order valence-corrected chi connectivity index (χ4v) is 2.82. The number of allylic oxidation sites excluding steroid dienone is 2. The van der Waals surface area contributed by atoms with Crippen molar-refractivity contribution in [3.05, 3.63) is 12.2 Å². The van der Waals surface area contributed by atoms with Crippen LogP contribution in [0.25, 0.3) is 0 Å². The summed E-state index contributed by atoms with van der Waals surface area (Å²) in [5.74, 6) is 0.780. The summed E-state index contributed by atoms with van der Waals surface area (Å²) in [5.41, 5.74) is 0. The number of hydrogen-bond donors (Lipinski definition) is 0. The molecule has 0 aliphatic heterocycles. The Kier molecular flexibility index (Phi) is 8.02. The van der Waals surface area contributed by atoms with Gasteiger partial charge in [0, 0.05) is 5.38 Å². The number of hydrogen-bond acceptors (Lipinski definition) is 0. The van der Waals surface area contributed by atoms with E-state index < -0.39 is 0 Å². The summed E-state index contributed by atoms with van der Waals surface area (Å²) in [4.78, 5) is 0. The smallest absolute Gasteiger partial charge is 0.0341 e. The Morgan fingerprint density at radius 3 is 2.50 bits per heavy atom. The van der Waals surface area contributed by atoms with E-state index in [-0.39, 0.29) is 0 Å². The van der Waals surface area contributed by atoms with Crippen LogP contribution in [0.15, 0.2) is 12.2 Å². The van der Waals surface area contributed by atoms with Crippen LogP contribution >= 0.6 is 11.6 Å². The largest absolute Gasteiger partial charge is 0.123 e. The van der Waals surface area contributed by atoms with Gasteiger partial charge in [-0.15, -0.1) is 11.6 Å². The molecule has 1 saturated carbocycles. The van der Waals surface area contributed by atoms with Crippen molar-refractivity contribution < 1.29 is 0 Å². The number of alkyl halides is 1. The lowest BCUT2D eigenvalue weighted by Crippen LogP contribution is -1.90. The normalized spacial score (nSPS) is 25.6. The topological polar surface area (TPSA) is 0 Å². The number of rotatable bonds is 8. The van der Waals surface area contributed by atoms with Crippen molar-refractivity contribution in [2.75, 3.05) is 0 Å². The van der Waals surface area contributed by atoms with Crippen molar-refractivity contribution in [2.24, 2.45) is 5.92 Å². The molecule has 0 radical (unpaired) electrons. The number of halogens is 1. The fraction of sp³-hybridized carbons (Fsp3) is 0.867. The second-order valence-electron chi connectivity index (χ2n) is 5.16. The minimum atomic E-state index is 0.448. The number of unbranched alkanes of at least 4 members (excludes halogenated alkanes) is 6. The van der Waals surface area contributed by atoms with E-state index in [0.717, 1.165) is 5.92 Å². The molecule has 0 aromatic rings. The minimum absolute atomic E-state index is 0.448. The quantitative estimate of drug-likeness (QED) is 0.291. The van der Waals surface area contributed by atoms with E-state index in [1.165, 1.54) is 64.2 Å². The highest BCUT2D eigenvalue weighted by Crippen LogP contribution is 2.30. The third-order valence-electron chi connectivity index (χ3n) is 3.54. The van der Waals surface area contributed by atoms with Crippen LogP contribution in [0.4, 0.5) is 0 Å². The van der Waals surface area contributed by atoms with Gasteiger partial charge in [0.25, 0.3) is 0 Å². The van der Waals surface area contributed by atoms with Gasteiger partial charge < -0.3 is 0 Å². The van der Waals surface area contributed by atoms with Crippen molar-refractivity contribution in [1.82, 2.24) is 0 Å². The summed E-state index contributed by atoms with van der Waals surface area (Å²) in [6.45, 7) is 2.27. The van der Waals surface area contributed by atoms with Crippen LogP contribution in [0.3, 0.4) is 0 Å². The first-order valence-electron chi connectivity index (χ1n) is 7.13. The SMILES string of the molecule is CCCCCCCC/C=C/[C@H]1CC[C@@H](Cl)C1. The molecule has 1 fully saturated rings. The molecule has 0 amide bonds. The van der Waals surface area contributed by atoms with Gasteiger partial charge >= 0.3 is 0 Å². The second kappa shape index (κ2) is 9.10. The Balaban J connectivity index is 1.88. The Labute approximate surface area is 106 Å². The molecular weight excluding hydrogens is 216 g/mol. The Hall–Kier alpha value is 0.0300. The lowest BCUT2D eigenvalue weighted by Gasteiger charge is -2.01. The molecule has 0 heterocycles. The molecular formula is C15H27Cl. The van der Waals surface area contributed by atoms with Crippen LogP contribution in [-0.4, -0.2) is 5.38 Å². The standard InChI is InChI=1S/C15H27Cl/c1-2-3-4-5-6-7-8-9-10-14-11-12-15(16)13-14/h9-10,14-15H,2-8,11-13H2,1H3/b10-9+/t14-,15+/m0/s1. The maximum atomic E-state index is 6.08. The molecule has 0 saturated heterocycles. The van der Waals surface area contributed by atoms with E-state index >= 15 is 0 Å². The molecule has 1 aliphatic rings. The van der Waals surface area contributed by atoms with Crippen LogP contribution in [0.5, 0.6) is 0 Å². The van der Waals surface area contributed by atoms with E-state index in [9.17, 15) is 0 Å². The van der Waals surface area contributed by atoms with Crippen LogP contribution in [0.2, 0.25) is 0 Å². The first-order valence-corrected chi connectivity index (χ1v) is 7.57. The highest BCUT2D eigenvalue weighted by molar-refractivity contribution is 6.20. The monoisotopic (exact) mass is 242 g/mol. The maximum Gasteiger partial charge on any atom is 0.0341 e. The summed E-state index contributed by atoms with van der Waals surface area (Å²) < 4.78 is 0. The minimum Gasteiger partial charge on any atom is -0.123 e. The fourth-order valence-electron chi connectivity index (χ4n) is 2.47. The highest BCUT2D eigenvalue weighted by atomic mass is 35.5. The van der Waals surface area contributed by atoms with Gasteiger partial charge in [0.05, 0.1) is 0 Å². The van der Waals surface area contributed by atoms with Gasteiger partial charge in [-0.1, -0.05) is 51.2 Å². The summed E-state index contributed by atoms with van der Waals surface area (Å²) in [6, 6.07) is 0. The van der Waals surface area contributed by atoms with Gasteiger partial charge in [0.15, 0.2) is 0 Å². The Bertz CT molecular complexity index is 186. The molecule has 0 bridgehead atoms. The van der Waals surface area contributed by atoms with E-state index in [2.05, 4.69) is 19.1 Å². The molecule has 1 aliphatic carbocycles. The van der Waals surface area contributed by atoms with E-state index in [1.54, 1.807) is 0 Å². The van der Waals surface area contributed by atoms with Crippen LogP contribution in [-0.2, 0) is 0 Å². The predicted molar refractivity (Wildman–Crippen MR) is 74.1 cm³/mol. The summed E-state index contributed by atoms with van der Waals surface area (Å²) in [5, 5.41) is 0.448. The zero-order valence-corrected chi connectivity index (χ0v) is 11.5. The third-order valence-corrected chi connectivity index (χ3v) is 3.94.